The Kier molecular flexibility index (Phi) is 2.93. The molecule has 2 unspecified atom stereocenters. The van der Waals surface area contributed by atoms with E-state index >= 15 is 0 Å². The highest BCUT2D eigenvalue weighted by Gasteiger charge is 2.63. The van der Waals surface area contributed by atoms with Gasteiger partial charge >= 0.3 is 0 Å². The van der Waals surface area contributed by atoms with E-state index in [9.17, 15) is 4.79 Å². The lowest BCUT2D eigenvalue weighted by Crippen LogP contribution is -2.32. The smallest absolute Gasteiger partial charge is 0.165 e. The molecule has 1 nitrogen and oxygen atoms in total. The SMILES string of the molecule is CCc1ccccc1/C=C1\C(=O)C2(C)CCC1C2(C)C. The molecule has 0 aromatic heterocycles. The predicted octanol–water partition coefficient (Wildman–Crippen LogP) is 4.66. The van der Waals surface area contributed by atoms with E-state index in [1.807, 2.05) is 0 Å². The van der Waals surface area contributed by atoms with Crippen LogP contribution in [0.2, 0.25) is 0 Å². The molecule has 2 fully saturated rings. The molecule has 106 valence electrons. The van der Waals surface area contributed by atoms with Gasteiger partial charge in [0.15, 0.2) is 5.78 Å². The number of hydrogen-bond donors (Lipinski definition) is 0. The fraction of sp³-hybridized carbons (Fsp3) is 0.526. The van der Waals surface area contributed by atoms with E-state index in [2.05, 4.69) is 58.0 Å². The van der Waals surface area contributed by atoms with E-state index < -0.39 is 0 Å². The van der Waals surface area contributed by atoms with Gasteiger partial charge in [-0.3, -0.25) is 4.79 Å². The van der Waals surface area contributed by atoms with Gasteiger partial charge in [0.1, 0.15) is 0 Å². The quantitative estimate of drug-likeness (QED) is 0.713. The van der Waals surface area contributed by atoms with E-state index in [-0.39, 0.29) is 10.8 Å². The maximum Gasteiger partial charge on any atom is 0.165 e. The van der Waals surface area contributed by atoms with Crippen molar-refractivity contribution in [2.45, 2.75) is 47.0 Å². The van der Waals surface area contributed by atoms with Gasteiger partial charge in [0, 0.05) is 5.41 Å². The van der Waals surface area contributed by atoms with Crippen LogP contribution in [0.25, 0.3) is 6.08 Å². The van der Waals surface area contributed by atoms with Crippen molar-refractivity contribution in [3.8, 4) is 0 Å². The minimum absolute atomic E-state index is 0.108. The van der Waals surface area contributed by atoms with E-state index in [0.717, 1.165) is 24.8 Å². The van der Waals surface area contributed by atoms with Gasteiger partial charge in [-0.1, -0.05) is 52.0 Å². The Morgan fingerprint density at radius 1 is 1.25 bits per heavy atom. The van der Waals surface area contributed by atoms with Crippen LogP contribution in [0.15, 0.2) is 29.8 Å². The molecule has 0 heterocycles. The number of carbonyl (C=O) groups excluding carboxylic acids is 1. The molecule has 1 aromatic carbocycles. The highest BCUT2D eigenvalue weighted by molar-refractivity contribution is 6.08. The molecule has 2 aliphatic carbocycles. The summed E-state index contributed by atoms with van der Waals surface area (Å²) in [5, 5.41) is 0. The van der Waals surface area contributed by atoms with Crippen molar-refractivity contribution in [3.63, 3.8) is 0 Å². The maximum absolute atomic E-state index is 12.8. The Morgan fingerprint density at radius 3 is 2.55 bits per heavy atom. The lowest BCUT2D eigenvalue weighted by molar-refractivity contribution is -0.125. The van der Waals surface area contributed by atoms with Crippen molar-refractivity contribution in [3.05, 3.63) is 41.0 Å². The lowest BCUT2D eigenvalue weighted by atomic mass is 9.70. The average Bonchev–Trinajstić information content (AvgIpc) is 2.74. The second-order valence-electron chi connectivity index (χ2n) is 7.13. The number of carbonyl (C=O) groups is 1. The molecule has 0 amide bonds. The first-order valence-electron chi connectivity index (χ1n) is 7.76. The monoisotopic (exact) mass is 268 g/mol. The number of allylic oxidation sites excluding steroid dienone is 1. The summed E-state index contributed by atoms with van der Waals surface area (Å²) in [5.74, 6) is 0.828. The lowest BCUT2D eigenvalue weighted by Gasteiger charge is -2.31. The van der Waals surface area contributed by atoms with Crippen molar-refractivity contribution >= 4 is 11.9 Å². The molecule has 3 rings (SSSR count). The van der Waals surface area contributed by atoms with Crippen LogP contribution in [0.5, 0.6) is 0 Å². The number of ketones is 1. The summed E-state index contributed by atoms with van der Waals surface area (Å²) in [6.45, 7) is 8.89. The van der Waals surface area contributed by atoms with Gasteiger partial charge in [0.25, 0.3) is 0 Å². The number of rotatable bonds is 2. The van der Waals surface area contributed by atoms with Crippen LogP contribution in [-0.4, -0.2) is 5.78 Å². The van der Waals surface area contributed by atoms with Crippen molar-refractivity contribution < 1.29 is 4.79 Å². The molecule has 0 radical (unpaired) electrons. The average molecular weight is 268 g/mol. The number of fused-ring (bicyclic) bond motifs is 2. The number of aryl methyl sites for hydroxylation is 1. The first-order valence-corrected chi connectivity index (χ1v) is 7.76. The highest BCUT2D eigenvalue weighted by atomic mass is 16.1. The number of hydrogen-bond acceptors (Lipinski definition) is 1. The molecule has 1 heteroatoms. The molecule has 0 N–H and O–H groups in total. The predicted molar refractivity (Wildman–Crippen MR) is 83.4 cm³/mol. The zero-order chi connectivity index (χ0) is 14.5. The first-order chi connectivity index (χ1) is 9.41. The normalized spacial score (nSPS) is 33.1. The van der Waals surface area contributed by atoms with Crippen LogP contribution in [0.3, 0.4) is 0 Å². The van der Waals surface area contributed by atoms with Gasteiger partial charge in [-0.15, -0.1) is 0 Å². The third-order valence-corrected chi connectivity index (χ3v) is 6.11. The fourth-order valence-corrected chi connectivity index (χ4v) is 4.26. The summed E-state index contributed by atoms with van der Waals surface area (Å²) in [5.41, 5.74) is 3.59. The van der Waals surface area contributed by atoms with Gasteiger partial charge in [-0.25, -0.2) is 0 Å². The maximum atomic E-state index is 12.8. The molecule has 20 heavy (non-hydrogen) atoms. The summed E-state index contributed by atoms with van der Waals surface area (Å²) >= 11 is 0. The summed E-state index contributed by atoms with van der Waals surface area (Å²) in [7, 11) is 0. The van der Waals surface area contributed by atoms with Crippen LogP contribution in [0, 0.1) is 16.7 Å². The second kappa shape index (κ2) is 4.31. The fourth-order valence-electron chi connectivity index (χ4n) is 4.26. The number of benzene rings is 1. The van der Waals surface area contributed by atoms with Gasteiger partial charge in [-0.05, 0) is 53.4 Å². The van der Waals surface area contributed by atoms with Crippen molar-refractivity contribution in [1.29, 1.82) is 0 Å². The first kappa shape index (κ1) is 13.6. The molecule has 2 atom stereocenters. The van der Waals surface area contributed by atoms with Crippen molar-refractivity contribution in [1.82, 2.24) is 0 Å². The minimum atomic E-state index is -0.148. The Bertz CT molecular complexity index is 594. The molecular formula is C19H24O. The van der Waals surface area contributed by atoms with Gasteiger partial charge in [0.05, 0.1) is 0 Å². The van der Waals surface area contributed by atoms with E-state index in [1.54, 1.807) is 0 Å². The largest absolute Gasteiger partial charge is 0.294 e. The summed E-state index contributed by atoms with van der Waals surface area (Å²) in [6, 6.07) is 8.45. The third kappa shape index (κ3) is 1.58. The molecule has 0 saturated heterocycles. The molecule has 0 aliphatic heterocycles. The van der Waals surface area contributed by atoms with Crippen molar-refractivity contribution in [2.24, 2.45) is 16.7 Å². The molecule has 1 aromatic rings. The second-order valence-corrected chi connectivity index (χ2v) is 7.13. The zero-order valence-electron chi connectivity index (χ0n) is 13.0. The Morgan fingerprint density at radius 2 is 1.95 bits per heavy atom. The molecule has 0 spiro atoms. The minimum Gasteiger partial charge on any atom is -0.294 e. The molecular weight excluding hydrogens is 244 g/mol. The summed E-state index contributed by atoms with van der Waals surface area (Å²) in [6.07, 6.45) is 5.41. The van der Waals surface area contributed by atoms with Crippen LogP contribution in [-0.2, 0) is 11.2 Å². The third-order valence-electron chi connectivity index (χ3n) is 6.11. The molecule has 2 saturated carbocycles. The Labute approximate surface area is 122 Å². The van der Waals surface area contributed by atoms with Crippen LogP contribution >= 0.6 is 0 Å². The Hall–Kier alpha value is -1.37. The molecule has 2 aliphatic rings. The van der Waals surface area contributed by atoms with Crippen LogP contribution < -0.4 is 0 Å². The van der Waals surface area contributed by atoms with Gasteiger partial charge in [-0.2, -0.15) is 0 Å². The zero-order valence-corrected chi connectivity index (χ0v) is 13.0. The van der Waals surface area contributed by atoms with Gasteiger partial charge < -0.3 is 0 Å². The van der Waals surface area contributed by atoms with E-state index in [4.69, 9.17) is 0 Å². The number of Topliss-reactive ketones (excluding diaryl/α,β-unsaturated/α-hetero) is 1. The van der Waals surface area contributed by atoms with Gasteiger partial charge in [0.2, 0.25) is 0 Å². The van der Waals surface area contributed by atoms with E-state index in [0.29, 0.717) is 11.7 Å². The molecule has 2 bridgehead atoms. The van der Waals surface area contributed by atoms with Crippen molar-refractivity contribution in [2.75, 3.05) is 0 Å². The standard InChI is InChI=1S/C19H24O/c1-5-13-8-6-7-9-14(13)12-15-16-10-11-19(4,17(15)20)18(16,2)3/h6-9,12,16H,5,10-11H2,1-4H3/b15-12-. The Balaban J connectivity index is 2.08. The summed E-state index contributed by atoms with van der Waals surface area (Å²) < 4.78 is 0. The summed E-state index contributed by atoms with van der Waals surface area (Å²) in [4.78, 5) is 12.8. The van der Waals surface area contributed by atoms with E-state index in [1.165, 1.54) is 11.1 Å². The van der Waals surface area contributed by atoms with Crippen LogP contribution in [0.1, 0.15) is 51.7 Å². The van der Waals surface area contributed by atoms with Crippen LogP contribution in [0.4, 0.5) is 0 Å². The topological polar surface area (TPSA) is 17.1 Å². The highest BCUT2D eigenvalue weighted by Crippen LogP contribution is 2.65.